The van der Waals surface area contributed by atoms with Crippen molar-refractivity contribution in [2.24, 2.45) is 12.9 Å². The fourth-order valence-electron chi connectivity index (χ4n) is 0.505. The van der Waals surface area contributed by atoms with E-state index < -0.39 is 0 Å². The molecule has 1 aromatic heterocycles. The van der Waals surface area contributed by atoms with Crippen molar-refractivity contribution in [1.29, 1.82) is 0 Å². The van der Waals surface area contributed by atoms with Gasteiger partial charge in [0.15, 0.2) is 0 Å². The van der Waals surface area contributed by atoms with E-state index in [0.29, 0.717) is 5.95 Å². The maximum atomic E-state index is 5.06. The van der Waals surface area contributed by atoms with Crippen LogP contribution in [0.2, 0.25) is 0 Å². The number of nitrogens with one attached hydrogen (secondary N) is 1. The van der Waals surface area contributed by atoms with Gasteiger partial charge in [-0.3, -0.25) is 5.43 Å². The number of hydrazine groups is 1. The van der Waals surface area contributed by atoms with E-state index in [1.54, 1.807) is 10.8 Å². The largest absolute Gasteiger partial charge is 0.412 e. The Morgan fingerprint density at radius 3 is 2.27 bits per heavy atom. The van der Waals surface area contributed by atoms with Crippen molar-refractivity contribution in [2.75, 3.05) is 5.43 Å². The molecule has 1 aromatic rings. The van der Waals surface area contributed by atoms with Gasteiger partial charge in [0.1, 0.15) is 0 Å². The van der Waals surface area contributed by atoms with E-state index in [4.69, 9.17) is 5.84 Å². The summed E-state index contributed by atoms with van der Waals surface area (Å²) in [6.07, 6.45) is 3.49. The molecule has 1 heterocycles. The van der Waals surface area contributed by atoms with Gasteiger partial charge in [-0.05, 0) is 0 Å². The lowest BCUT2D eigenvalue weighted by Gasteiger charge is -1.95. The third kappa shape index (κ3) is 4.05. The van der Waals surface area contributed by atoms with Gasteiger partial charge in [-0.15, -0.1) is 24.8 Å². The van der Waals surface area contributed by atoms with Crippen LogP contribution in [0.3, 0.4) is 0 Å². The van der Waals surface area contributed by atoms with Crippen LogP contribution in [0, 0.1) is 0 Å². The van der Waals surface area contributed by atoms with Crippen LogP contribution in [0.4, 0.5) is 5.95 Å². The Morgan fingerprint density at radius 2 is 2.09 bits per heavy atom. The van der Waals surface area contributed by atoms with Crippen molar-refractivity contribution in [1.82, 2.24) is 9.55 Å². The van der Waals surface area contributed by atoms with Crippen molar-refractivity contribution < 1.29 is 5.48 Å². The number of halogens is 2. The lowest BCUT2D eigenvalue weighted by Crippen LogP contribution is -2.10. The maximum absolute atomic E-state index is 5.06. The number of nitrogens with two attached hydrogens (primary N) is 1. The minimum Gasteiger partial charge on any atom is -0.412 e. The molecule has 0 unspecified atom stereocenters. The fourth-order valence-corrected chi connectivity index (χ4v) is 0.505. The third-order valence-corrected chi connectivity index (χ3v) is 0.950. The van der Waals surface area contributed by atoms with Gasteiger partial charge >= 0.3 is 0 Å². The molecule has 0 atom stereocenters. The Labute approximate surface area is 77.1 Å². The molecule has 1 rings (SSSR count). The topological polar surface area (TPSA) is 87.4 Å². The highest BCUT2D eigenvalue weighted by molar-refractivity contribution is 5.85. The second-order valence-electron chi connectivity index (χ2n) is 1.51. The monoisotopic (exact) mass is 202 g/mol. The maximum Gasteiger partial charge on any atom is 0.216 e. The number of hydrogen-bond acceptors (Lipinski definition) is 3. The van der Waals surface area contributed by atoms with Crippen LogP contribution < -0.4 is 11.3 Å². The Hall–Kier alpha value is -0.490. The SMILES string of the molecule is Cl.Cl.Cn1ccnc1NN.O. The summed E-state index contributed by atoms with van der Waals surface area (Å²) in [5.41, 5.74) is 2.43. The highest BCUT2D eigenvalue weighted by Gasteiger charge is 1.89. The minimum atomic E-state index is 0. The van der Waals surface area contributed by atoms with Gasteiger partial charge in [0.2, 0.25) is 5.95 Å². The summed E-state index contributed by atoms with van der Waals surface area (Å²) in [6, 6.07) is 0. The van der Waals surface area contributed by atoms with Crippen molar-refractivity contribution >= 4 is 30.8 Å². The zero-order valence-corrected chi connectivity index (χ0v) is 7.58. The van der Waals surface area contributed by atoms with E-state index in [2.05, 4.69) is 10.4 Å². The Bertz CT molecular complexity index is 180. The quantitative estimate of drug-likeness (QED) is 0.486. The smallest absolute Gasteiger partial charge is 0.216 e. The first-order valence-electron chi connectivity index (χ1n) is 2.28. The molecule has 0 radical (unpaired) electrons. The number of aryl methyl sites for hydroxylation is 1. The Balaban J connectivity index is -0.000000213. The molecular formula is C4H12Cl2N4O. The second-order valence-corrected chi connectivity index (χ2v) is 1.51. The number of nitrogen functional groups attached to an aromatic ring is 1. The van der Waals surface area contributed by atoms with Crippen LogP contribution in [-0.4, -0.2) is 15.0 Å². The number of aromatic nitrogens is 2. The van der Waals surface area contributed by atoms with Gasteiger partial charge in [0.05, 0.1) is 0 Å². The normalized spacial score (nSPS) is 6.73. The highest BCUT2D eigenvalue weighted by Crippen LogP contribution is 1.95. The molecule has 0 saturated heterocycles. The summed E-state index contributed by atoms with van der Waals surface area (Å²) in [6.45, 7) is 0. The predicted octanol–water partition coefficient (Wildman–Crippen LogP) is -0.275. The van der Waals surface area contributed by atoms with E-state index in [9.17, 15) is 0 Å². The van der Waals surface area contributed by atoms with E-state index in [-0.39, 0.29) is 30.3 Å². The molecule has 5 N–H and O–H groups in total. The Kier molecular flexibility index (Phi) is 11.7. The van der Waals surface area contributed by atoms with Crippen LogP contribution in [0.15, 0.2) is 12.4 Å². The van der Waals surface area contributed by atoms with Gasteiger partial charge in [-0.1, -0.05) is 0 Å². The molecule has 0 amide bonds. The summed E-state index contributed by atoms with van der Waals surface area (Å²) in [7, 11) is 1.86. The molecule has 11 heavy (non-hydrogen) atoms. The summed E-state index contributed by atoms with van der Waals surface area (Å²) >= 11 is 0. The fraction of sp³-hybridized carbons (Fsp3) is 0.250. The molecule has 0 spiro atoms. The van der Waals surface area contributed by atoms with E-state index >= 15 is 0 Å². The molecule has 0 aromatic carbocycles. The van der Waals surface area contributed by atoms with Gasteiger partial charge in [-0.25, -0.2) is 10.8 Å². The highest BCUT2D eigenvalue weighted by atomic mass is 35.5. The average Bonchev–Trinajstić information content (AvgIpc) is 2.14. The molecule has 5 nitrogen and oxygen atoms in total. The zero-order valence-electron chi connectivity index (χ0n) is 5.94. The predicted molar refractivity (Wildman–Crippen MR) is 49.1 cm³/mol. The lowest BCUT2D eigenvalue weighted by molar-refractivity contribution is 0.824. The van der Waals surface area contributed by atoms with Crippen LogP contribution in [0.25, 0.3) is 0 Å². The number of anilines is 1. The van der Waals surface area contributed by atoms with Crippen molar-refractivity contribution in [3.63, 3.8) is 0 Å². The molecular weight excluding hydrogens is 191 g/mol. The van der Waals surface area contributed by atoms with E-state index in [0.717, 1.165) is 0 Å². The summed E-state index contributed by atoms with van der Waals surface area (Å²) in [5.74, 6) is 5.73. The van der Waals surface area contributed by atoms with Crippen molar-refractivity contribution in [3.05, 3.63) is 12.4 Å². The first-order chi connectivity index (χ1) is 3.84. The lowest BCUT2D eigenvalue weighted by atomic mass is 10.9. The van der Waals surface area contributed by atoms with E-state index in [1.807, 2.05) is 13.2 Å². The molecule has 0 aliphatic carbocycles. The molecule has 0 aliphatic rings. The van der Waals surface area contributed by atoms with E-state index in [1.165, 1.54) is 0 Å². The number of nitrogens with zero attached hydrogens (tertiary/aromatic N) is 2. The molecule has 0 aliphatic heterocycles. The first-order valence-corrected chi connectivity index (χ1v) is 2.28. The van der Waals surface area contributed by atoms with Crippen molar-refractivity contribution in [2.45, 2.75) is 0 Å². The molecule has 0 bridgehead atoms. The molecule has 68 valence electrons. The molecule has 0 saturated carbocycles. The van der Waals surface area contributed by atoms with Crippen molar-refractivity contribution in [3.8, 4) is 0 Å². The molecule has 7 heteroatoms. The first kappa shape index (κ1) is 16.9. The van der Waals surface area contributed by atoms with Gasteiger partial charge in [0.25, 0.3) is 0 Å². The summed E-state index contributed by atoms with van der Waals surface area (Å²) in [4.78, 5) is 3.86. The number of imidazole rings is 1. The van der Waals surface area contributed by atoms with Gasteiger partial charge < -0.3 is 10.0 Å². The number of rotatable bonds is 1. The number of hydrogen-bond donors (Lipinski definition) is 2. The Morgan fingerprint density at radius 1 is 1.55 bits per heavy atom. The van der Waals surface area contributed by atoms with Crippen LogP contribution in [0.5, 0.6) is 0 Å². The van der Waals surface area contributed by atoms with Gasteiger partial charge in [-0.2, -0.15) is 0 Å². The third-order valence-electron chi connectivity index (χ3n) is 0.950. The minimum absolute atomic E-state index is 0. The van der Waals surface area contributed by atoms with Crippen LogP contribution >= 0.6 is 24.8 Å². The standard InChI is InChI=1S/C4H8N4.2ClH.H2O/c1-8-3-2-6-4(8)7-5;;;/h2-3H,5H2,1H3,(H,6,7);2*1H;1H2. The zero-order chi connectivity index (χ0) is 5.98. The van der Waals surface area contributed by atoms with Gasteiger partial charge in [0, 0.05) is 19.4 Å². The average molecular weight is 203 g/mol. The van der Waals surface area contributed by atoms with Crippen LogP contribution in [0.1, 0.15) is 0 Å². The second kappa shape index (κ2) is 7.62. The summed E-state index contributed by atoms with van der Waals surface area (Å²) in [5, 5.41) is 0. The molecule has 0 fully saturated rings. The van der Waals surface area contributed by atoms with Crippen LogP contribution in [-0.2, 0) is 7.05 Å². The summed E-state index contributed by atoms with van der Waals surface area (Å²) < 4.78 is 1.79.